The van der Waals surface area contributed by atoms with Crippen LogP contribution in [0.15, 0.2) is 24.3 Å². The Morgan fingerprint density at radius 1 is 1.44 bits per heavy atom. The minimum Gasteiger partial charge on any atom is -0.478 e. The lowest BCUT2D eigenvalue weighted by atomic mass is 9.93. The van der Waals surface area contributed by atoms with Gasteiger partial charge in [0.05, 0.1) is 5.69 Å². The highest BCUT2D eigenvalue weighted by molar-refractivity contribution is 5.89. The van der Waals surface area contributed by atoms with Crippen LogP contribution in [0.1, 0.15) is 25.0 Å². The van der Waals surface area contributed by atoms with Crippen LogP contribution in [0.25, 0.3) is 6.08 Å². The fourth-order valence-electron chi connectivity index (χ4n) is 1.86. The molecule has 1 aliphatic heterocycles. The van der Waals surface area contributed by atoms with Crippen molar-refractivity contribution in [2.75, 3.05) is 5.32 Å². The molecule has 1 heterocycles. The number of carbonyl (C=O) groups is 2. The molecule has 5 heteroatoms. The molecule has 0 radical (unpaired) electrons. The maximum Gasteiger partial charge on any atom is 0.412 e. The number of fused-ring (bicyclic) bond motifs is 1. The fourth-order valence-corrected chi connectivity index (χ4v) is 1.86. The highest BCUT2D eigenvalue weighted by Gasteiger charge is 2.33. The highest BCUT2D eigenvalue weighted by Crippen LogP contribution is 2.36. The average molecular weight is 247 g/mol. The van der Waals surface area contributed by atoms with Crippen LogP contribution >= 0.6 is 0 Å². The summed E-state index contributed by atoms with van der Waals surface area (Å²) < 4.78 is 5.19. The maximum absolute atomic E-state index is 11.3. The molecule has 0 aromatic heterocycles. The number of hydrogen-bond donors (Lipinski definition) is 2. The summed E-state index contributed by atoms with van der Waals surface area (Å²) in [5, 5.41) is 11.2. The summed E-state index contributed by atoms with van der Waals surface area (Å²) in [4.78, 5) is 21.8. The van der Waals surface area contributed by atoms with E-state index in [0.717, 1.165) is 17.2 Å². The van der Waals surface area contributed by atoms with Crippen molar-refractivity contribution < 1.29 is 19.4 Å². The van der Waals surface area contributed by atoms with E-state index in [0.29, 0.717) is 5.69 Å². The molecule has 1 aromatic carbocycles. The lowest BCUT2D eigenvalue weighted by molar-refractivity contribution is -0.131. The first kappa shape index (κ1) is 12.2. The standard InChI is InChI=1S/C13H13NO4/c1-13(2)9-7-8(4-6-11(15)16)3-5-10(9)14-12(17)18-13/h3-7H,1-2H3,(H,14,17)(H,15,16)/b6-4-. The number of hydrogen-bond acceptors (Lipinski definition) is 3. The number of benzene rings is 1. The van der Waals surface area contributed by atoms with E-state index < -0.39 is 17.7 Å². The van der Waals surface area contributed by atoms with Gasteiger partial charge in [0.1, 0.15) is 5.60 Å². The molecule has 0 spiro atoms. The van der Waals surface area contributed by atoms with E-state index in [2.05, 4.69) is 5.32 Å². The summed E-state index contributed by atoms with van der Waals surface area (Å²) in [6, 6.07) is 5.27. The SMILES string of the molecule is CC1(C)OC(=O)Nc2ccc(/C=C\C(=O)O)cc21. The van der Waals surface area contributed by atoms with E-state index in [-0.39, 0.29) is 0 Å². The molecule has 0 unspecified atom stereocenters. The molecular weight excluding hydrogens is 234 g/mol. The van der Waals surface area contributed by atoms with Crippen molar-refractivity contribution in [3.63, 3.8) is 0 Å². The van der Waals surface area contributed by atoms with Crippen molar-refractivity contribution in [2.45, 2.75) is 19.4 Å². The molecule has 0 bridgehead atoms. The van der Waals surface area contributed by atoms with Crippen LogP contribution in [0.4, 0.5) is 10.5 Å². The van der Waals surface area contributed by atoms with Gasteiger partial charge in [-0.3, -0.25) is 5.32 Å². The number of nitrogens with one attached hydrogen (secondary N) is 1. The number of carboxylic acids is 1. The number of carboxylic acid groups (broad SMARTS) is 1. The molecule has 0 saturated heterocycles. The summed E-state index contributed by atoms with van der Waals surface area (Å²) in [6.07, 6.45) is 2.08. The molecule has 1 amide bonds. The van der Waals surface area contributed by atoms with Crippen LogP contribution in [0.2, 0.25) is 0 Å². The zero-order valence-electron chi connectivity index (χ0n) is 10.1. The first-order valence-electron chi connectivity index (χ1n) is 5.44. The lowest BCUT2D eigenvalue weighted by Crippen LogP contribution is -2.34. The lowest BCUT2D eigenvalue weighted by Gasteiger charge is -2.32. The second kappa shape index (κ2) is 4.18. The highest BCUT2D eigenvalue weighted by atomic mass is 16.6. The van der Waals surface area contributed by atoms with E-state index in [9.17, 15) is 9.59 Å². The summed E-state index contributed by atoms with van der Waals surface area (Å²) in [7, 11) is 0. The number of anilines is 1. The maximum atomic E-state index is 11.3. The number of carbonyl (C=O) groups excluding carboxylic acids is 1. The summed E-state index contributed by atoms with van der Waals surface area (Å²) in [6.45, 7) is 3.57. The van der Waals surface area contributed by atoms with Crippen LogP contribution in [0.5, 0.6) is 0 Å². The number of aliphatic carboxylic acids is 1. The van der Waals surface area contributed by atoms with Crippen molar-refractivity contribution in [3.8, 4) is 0 Å². The van der Waals surface area contributed by atoms with Crippen LogP contribution in [-0.2, 0) is 15.1 Å². The zero-order chi connectivity index (χ0) is 13.3. The van der Waals surface area contributed by atoms with Gasteiger partial charge in [-0.15, -0.1) is 0 Å². The van der Waals surface area contributed by atoms with Gasteiger partial charge in [-0.05, 0) is 37.6 Å². The van der Waals surface area contributed by atoms with Crippen molar-refractivity contribution in [3.05, 3.63) is 35.4 Å². The Morgan fingerprint density at radius 3 is 2.83 bits per heavy atom. The first-order chi connectivity index (χ1) is 8.38. The van der Waals surface area contributed by atoms with Crippen molar-refractivity contribution >= 4 is 23.8 Å². The minimum absolute atomic E-state index is 0.485. The van der Waals surface area contributed by atoms with Gasteiger partial charge in [-0.25, -0.2) is 9.59 Å². The van der Waals surface area contributed by atoms with E-state index in [4.69, 9.17) is 9.84 Å². The van der Waals surface area contributed by atoms with Crippen LogP contribution in [0.3, 0.4) is 0 Å². The van der Waals surface area contributed by atoms with Crippen LogP contribution in [0, 0.1) is 0 Å². The molecular formula is C13H13NO4. The first-order valence-corrected chi connectivity index (χ1v) is 5.44. The monoisotopic (exact) mass is 247 g/mol. The molecule has 1 aliphatic rings. The number of amides is 1. The Balaban J connectivity index is 2.42. The molecule has 0 fully saturated rings. The van der Waals surface area contributed by atoms with Gasteiger partial charge < -0.3 is 9.84 Å². The third-order valence-electron chi connectivity index (χ3n) is 2.70. The molecule has 18 heavy (non-hydrogen) atoms. The second-order valence-electron chi connectivity index (χ2n) is 4.50. The molecule has 0 aliphatic carbocycles. The molecule has 94 valence electrons. The smallest absolute Gasteiger partial charge is 0.412 e. The quantitative estimate of drug-likeness (QED) is 0.787. The van der Waals surface area contributed by atoms with E-state index >= 15 is 0 Å². The Hall–Kier alpha value is -2.30. The minimum atomic E-state index is -1.00. The van der Waals surface area contributed by atoms with E-state index in [1.54, 1.807) is 32.0 Å². The Morgan fingerprint density at radius 2 is 2.17 bits per heavy atom. The third-order valence-corrected chi connectivity index (χ3v) is 2.70. The van der Waals surface area contributed by atoms with Gasteiger partial charge in [0.2, 0.25) is 0 Å². The van der Waals surface area contributed by atoms with E-state index in [1.807, 2.05) is 0 Å². The number of cyclic esters (lactones) is 1. The third kappa shape index (κ3) is 2.34. The van der Waals surface area contributed by atoms with Crippen molar-refractivity contribution in [1.82, 2.24) is 0 Å². The predicted molar refractivity (Wildman–Crippen MR) is 66.2 cm³/mol. The molecule has 0 atom stereocenters. The van der Waals surface area contributed by atoms with E-state index in [1.165, 1.54) is 6.08 Å². The van der Waals surface area contributed by atoms with Gasteiger partial charge in [-0.2, -0.15) is 0 Å². The van der Waals surface area contributed by atoms with Gasteiger partial charge in [0.25, 0.3) is 0 Å². The van der Waals surface area contributed by atoms with Gasteiger partial charge >= 0.3 is 12.1 Å². The zero-order valence-corrected chi connectivity index (χ0v) is 10.1. The fraction of sp³-hybridized carbons (Fsp3) is 0.231. The molecule has 2 rings (SSSR count). The average Bonchev–Trinajstić information content (AvgIpc) is 2.25. The van der Waals surface area contributed by atoms with Crippen LogP contribution < -0.4 is 5.32 Å². The summed E-state index contributed by atoms with van der Waals surface area (Å²) in [5.74, 6) is -1.00. The second-order valence-corrected chi connectivity index (χ2v) is 4.50. The Kier molecular flexibility index (Phi) is 2.82. The largest absolute Gasteiger partial charge is 0.478 e. The normalized spacial score (nSPS) is 16.9. The molecule has 1 aromatic rings. The molecule has 5 nitrogen and oxygen atoms in total. The van der Waals surface area contributed by atoms with Gasteiger partial charge in [0.15, 0.2) is 0 Å². The summed E-state index contributed by atoms with van der Waals surface area (Å²) in [5.41, 5.74) is 1.51. The van der Waals surface area contributed by atoms with Crippen molar-refractivity contribution in [2.24, 2.45) is 0 Å². The Bertz CT molecular complexity index is 546. The number of ether oxygens (including phenoxy) is 1. The topological polar surface area (TPSA) is 75.6 Å². The predicted octanol–water partition coefficient (Wildman–Crippen LogP) is 2.58. The van der Waals surface area contributed by atoms with Gasteiger partial charge in [-0.1, -0.05) is 6.07 Å². The number of rotatable bonds is 2. The van der Waals surface area contributed by atoms with Crippen LogP contribution in [-0.4, -0.2) is 17.2 Å². The Labute approximate surface area is 104 Å². The van der Waals surface area contributed by atoms with Gasteiger partial charge in [0, 0.05) is 11.6 Å². The molecule has 0 saturated carbocycles. The van der Waals surface area contributed by atoms with Crippen molar-refractivity contribution in [1.29, 1.82) is 0 Å². The summed E-state index contributed by atoms with van der Waals surface area (Å²) >= 11 is 0. The molecule has 2 N–H and O–H groups in total.